The molecule has 4 rings (SSSR count). The van der Waals surface area contributed by atoms with Crippen molar-refractivity contribution in [2.45, 2.75) is 0 Å². The molecule has 0 fully saturated rings. The molecule has 4 aromatic rings. The molecule has 164 valence electrons. The molecule has 32 heavy (non-hydrogen) atoms. The first-order valence-electron chi connectivity index (χ1n) is 9.71. The van der Waals surface area contributed by atoms with Gasteiger partial charge in [0.15, 0.2) is 11.5 Å². The van der Waals surface area contributed by atoms with Gasteiger partial charge in [-0.2, -0.15) is 4.52 Å². The third-order valence-electron chi connectivity index (χ3n) is 4.63. The summed E-state index contributed by atoms with van der Waals surface area (Å²) in [5, 5.41) is 15.3. The second-order valence-corrected chi connectivity index (χ2v) is 6.61. The normalized spacial score (nSPS) is 10.7. The number of halogens is 1. The lowest BCUT2D eigenvalue weighted by Gasteiger charge is -2.13. The summed E-state index contributed by atoms with van der Waals surface area (Å²) < 4.78 is 30.9. The van der Waals surface area contributed by atoms with Gasteiger partial charge >= 0.3 is 0 Å². The predicted octanol–water partition coefficient (Wildman–Crippen LogP) is 2.76. The minimum atomic E-state index is -0.344. The number of carbonyl (C=O) groups excluding carboxylic acids is 1. The molecule has 0 saturated carbocycles. The summed E-state index contributed by atoms with van der Waals surface area (Å²) in [6.07, 6.45) is 0. The largest absolute Gasteiger partial charge is 0.496 e. The van der Waals surface area contributed by atoms with Crippen LogP contribution in [-0.4, -0.2) is 53.1 Å². The van der Waals surface area contributed by atoms with Crippen molar-refractivity contribution < 1.29 is 23.4 Å². The Balaban J connectivity index is 1.42. The molecule has 2 heterocycles. The van der Waals surface area contributed by atoms with Gasteiger partial charge in [-0.25, -0.2) is 4.39 Å². The standard InChI is InChI=1S/C22H20FN5O4/c1-30-16-4-3-5-17(31-2)20(16)22(29)24-12-13-32-19-11-10-18-25-26-21(28(18)27-19)14-6-8-15(23)9-7-14/h3-11H,12-13H2,1-2H3,(H,24,29). The van der Waals surface area contributed by atoms with Gasteiger partial charge in [-0.05, 0) is 42.5 Å². The van der Waals surface area contributed by atoms with Gasteiger partial charge in [0, 0.05) is 11.6 Å². The molecule has 0 radical (unpaired) electrons. The zero-order valence-corrected chi connectivity index (χ0v) is 17.4. The third-order valence-corrected chi connectivity index (χ3v) is 4.63. The molecule has 0 unspecified atom stereocenters. The second-order valence-electron chi connectivity index (χ2n) is 6.61. The number of amides is 1. The van der Waals surface area contributed by atoms with Crippen molar-refractivity contribution in [1.29, 1.82) is 0 Å². The van der Waals surface area contributed by atoms with E-state index < -0.39 is 0 Å². The highest BCUT2D eigenvalue weighted by Gasteiger charge is 2.17. The molecule has 0 spiro atoms. The van der Waals surface area contributed by atoms with E-state index in [1.54, 1.807) is 42.5 Å². The van der Waals surface area contributed by atoms with Crippen LogP contribution in [0.2, 0.25) is 0 Å². The zero-order valence-electron chi connectivity index (χ0n) is 17.4. The van der Waals surface area contributed by atoms with Gasteiger partial charge in [0.25, 0.3) is 5.91 Å². The number of carbonyl (C=O) groups is 1. The maximum Gasteiger partial charge on any atom is 0.258 e. The number of hydrogen-bond donors (Lipinski definition) is 1. The predicted molar refractivity (Wildman–Crippen MR) is 114 cm³/mol. The number of fused-ring (bicyclic) bond motifs is 1. The van der Waals surface area contributed by atoms with E-state index in [0.29, 0.717) is 40.0 Å². The van der Waals surface area contributed by atoms with Gasteiger partial charge < -0.3 is 19.5 Å². The number of ether oxygens (including phenoxy) is 3. The zero-order chi connectivity index (χ0) is 22.5. The maximum absolute atomic E-state index is 13.2. The van der Waals surface area contributed by atoms with Crippen molar-refractivity contribution in [3.8, 4) is 28.8 Å². The van der Waals surface area contributed by atoms with Gasteiger partial charge in [-0.1, -0.05) is 6.07 Å². The van der Waals surface area contributed by atoms with Crippen LogP contribution in [0.1, 0.15) is 10.4 Å². The van der Waals surface area contributed by atoms with Crippen LogP contribution in [0, 0.1) is 5.82 Å². The number of nitrogens with zero attached hydrogens (tertiary/aromatic N) is 4. The topological polar surface area (TPSA) is 99.9 Å². The van der Waals surface area contributed by atoms with Crippen molar-refractivity contribution >= 4 is 11.6 Å². The fourth-order valence-corrected chi connectivity index (χ4v) is 3.11. The van der Waals surface area contributed by atoms with Gasteiger partial charge in [0.05, 0.1) is 20.8 Å². The maximum atomic E-state index is 13.2. The number of aromatic nitrogens is 4. The highest BCUT2D eigenvalue weighted by molar-refractivity contribution is 5.99. The van der Waals surface area contributed by atoms with Crippen LogP contribution in [0.25, 0.3) is 17.0 Å². The summed E-state index contributed by atoms with van der Waals surface area (Å²) in [6.45, 7) is 0.405. The number of benzene rings is 2. The summed E-state index contributed by atoms with van der Waals surface area (Å²) in [5.74, 6) is 0.925. The van der Waals surface area contributed by atoms with Crippen molar-refractivity contribution in [3.63, 3.8) is 0 Å². The molecule has 1 N–H and O–H groups in total. The Morgan fingerprint density at radius 2 is 1.72 bits per heavy atom. The van der Waals surface area contributed by atoms with E-state index in [4.69, 9.17) is 14.2 Å². The third kappa shape index (κ3) is 4.29. The van der Waals surface area contributed by atoms with E-state index in [1.807, 2.05) is 0 Å². The Kier molecular flexibility index (Phi) is 6.11. The first kappa shape index (κ1) is 21.0. The highest BCUT2D eigenvalue weighted by Crippen LogP contribution is 2.27. The SMILES string of the molecule is COc1cccc(OC)c1C(=O)NCCOc1ccc2nnc(-c3ccc(F)cc3)n2n1. The van der Waals surface area contributed by atoms with E-state index in [2.05, 4.69) is 20.6 Å². The Morgan fingerprint density at radius 1 is 1.00 bits per heavy atom. The molecule has 0 saturated heterocycles. The van der Waals surface area contributed by atoms with E-state index in [-0.39, 0.29) is 24.9 Å². The molecule has 0 aliphatic rings. The van der Waals surface area contributed by atoms with Crippen LogP contribution in [0.3, 0.4) is 0 Å². The van der Waals surface area contributed by atoms with E-state index in [9.17, 15) is 9.18 Å². The quantitative estimate of drug-likeness (QED) is 0.423. The molecule has 0 aliphatic carbocycles. The van der Waals surface area contributed by atoms with Crippen molar-refractivity contribution in [2.24, 2.45) is 0 Å². The monoisotopic (exact) mass is 437 g/mol. The summed E-state index contributed by atoms with van der Waals surface area (Å²) >= 11 is 0. The van der Waals surface area contributed by atoms with Crippen LogP contribution in [0.4, 0.5) is 4.39 Å². The van der Waals surface area contributed by atoms with Crippen LogP contribution in [-0.2, 0) is 0 Å². The smallest absolute Gasteiger partial charge is 0.258 e. The summed E-state index contributed by atoms with van der Waals surface area (Å²) in [7, 11) is 2.98. The Bertz CT molecular complexity index is 1220. The molecule has 10 heteroatoms. The average Bonchev–Trinajstić information content (AvgIpc) is 3.24. The minimum Gasteiger partial charge on any atom is -0.496 e. The van der Waals surface area contributed by atoms with E-state index in [0.717, 1.165) is 0 Å². The van der Waals surface area contributed by atoms with Crippen molar-refractivity contribution in [3.05, 3.63) is 66.0 Å². The molecule has 2 aromatic heterocycles. The van der Waals surface area contributed by atoms with Crippen molar-refractivity contribution in [1.82, 2.24) is 25.1 Å². The Labute approximate surface area is 182 Å². The van der Waals surface area contributed by atoms with Gasteiger partial charge in [-0.3, -0.25) is 4.79 Å². The van der Waals surface area contributed by atoms with Crippen LogP contribution < -0.4 is 19.5 Å². The summed E-state index contributed by atoms with van der Waals surface area (Å²) in [4.78, 5) is 12.6. The van der Waals surface area contributed by atoms with Crippen molar-refractivity contribution in [2.75, 3.05) is 27.4 Å². The summed E-state index contributed by atoms with van der Waals surface area (Å²) in [5.41, 5.74) is 1.50. The number of nitrogens with one attached hydrogen (secondary N) is 1. The molecule has 0 bridgehead atoms. The number of rotatable bonds is 8. The van der Waals surface area contributed by atoms with Gasteiger partial charge in [-0.15, -0.1) is 15.3 Å². The molecule has 0 atom stereocenters. The molecular weight excluding hydrogens is 417 g/mol. The Morgan fingerprint density at radius 3 is 2.41 bits per heavy atom. The molecule has 2 aromatic carbocycles. The number of methoxy groups -OCH3 is 2. The summed E-state index contributed by atoms with van der Waals surface area (Å²) in [6, 6.07) is 14.4. The minimum absolute atomic E-state index is 0.176. The van der Waals surface area contributed by atoms with Crippen LogP contribution in [0.15, 0.2) is 54.6 Å². The number of hydrogen-bond acceptors (Lipinski definition) is 7. The van der Waals surface area contributed by atoms with Gasteiger partial charge in [0.2, 0.25) is 5.88 Å². The molecule has 0 aliphatic heterocycles. The molecular formula is C22H20FN5O4. The van der Waals surface area contributed by atoms with Crippen LogP contribution >= 0.6 is 0 Å². The lowest BCUT2D eigenvalue weighted by atomic mass is 10.1. The van der Waals surface area contributed by atoms with Crippen LogP contribution in [0.5, 0.6) is 17.4 Å². The lowest BCUT2D eigenvalue weighted by molar-refractivity contribution is 0.0940. The molecule has 1 amide bonds. The van der Waals surface area contributed by atoms with E-state index >= 15 is 0 Å². The second kappa shape index (κ2) is 9.29. The fraction of sp³-hybridized carbons (Fsp3) is 0.182. The fourth-order valence-electron chi connectivity index (χ4n) is 3.11. The molecule has 9 nitrogen and oxygen atoms in total. The lowest BCUT2D eigenvalue weighted by Crippen LogP contribution is -2.29. The Hall–Kier alpha value is -4.21. The first-order valence-corrected chi connectivity index (χ1v) is 9.71. The average molecular weight is 437 g/mol. The highest BCUT2D eigenvalue weighted by atomic mass is 19.1. The first-order chi connectivity index (χ1) is 15.6. The van der Waals surface area contributed by atoms with Gasteiger partial charge in [0.1, 0.15) is 29.5 Å². The van der Waals surface area contributed by atoms with E-state index in [1.165, 1.54) is 30.9 Å².